The smallest absolute Gasteiger partial charge is 0.328 e. The molecule has 7 aromatic rings. The number of methoxy groups -OCH3 is 2. The highest BCUT2D eigenvalue weighted by Crippen LogP contribution is 2.21. The lowest BCUT2D eigenvalue weighted by Gasteiger charge is -2.29. The molecule has 0 radical (unpaired) electrons. The minimum absolute atomic E-state index is 0.251. The third-order valence-electron chi connectivity index (χ3n) is 10.4. The van der Waals surface area contributed by atoms with E-state index in [1.54, 1.807) is 23.4 Å². The lowest BCUT2D eigenvalue weighted by molar-refractivity contribution is -0.151. The fourth-order valence-corrected chi connectivity index (χ4v) is 6.89. The number of benzene rings is 5. The molecule has 9 heteroatoms. The first-order valence-electron chi connectivity index (χ1n) is 20.8. The summed E-state index contributed by atoms with van der Waals surface area (Å²) in [4.78, 5) is 48.9. The van der Waals surface area contributed by atoms with Gasteiger partial charge in [0.25, 0.3) is 0 Å². The van der Waals surface area contributed by atoms with E-state index in [-0.39, 0.29) is 24.5 Å². The Bertz CT molecular complexity index is 2500. The van der Waals surface area contributed by atoms with E-state index in [0.29, 0.717) is 19.4 Å². The summed E-state index contributed by atoms with van der Waals surface area (Å²) in [7, 11) is 2.77. The van der Waals surface area contributed by atoms with E-state index in [1.807, 2.05) is 177 Å². The number of carbonyl (C=O) groups excluding carboxylic acids is 3. The van der Waals surface area contributed by atoms with Crippen molar-refractivity contribution in [1.82, 2.24) is 20.2 Å². The third-order valence-corrected chi connectivity index (χ3v) is 10.4. The van der Waals surface area contributed by atoms with E-state index in [9.17, 15) is 14.4 Å². The van der Waals surface area contributed by atoms with Crippen molar-refractivity contribution >= 4 is 23.9 Å². The van der Waals surface area contributed by atoms with Crippen molar-refractivity contribution in [2.24, 2.45) is 0 Å². The van der Waals surface area contributed by atoms with Crippen LogP contribution in [0, 0.1) is 6.92 Å². The van der Waals surface area contributed by atoms with Crippen LogP contribution >= 0.6 is 0 Å². The van der Waals surface area contributed by atoms with Gasteiger partial charge in [-0.05, 0) is 71.5 Å². The largest absolute Gasteiger partial charge is 0.468 e. The highest BCUT2D eigenvalue weighted by Gasteiger charge is 2.30. The van der Waals surface area contributed by atoms with E-state index in [0.717, 1.165) is 55.9 Å². The van der Waals surface area contributed by atoms with E-state index >= 15 is 0 Å². The summed E-state index contributed by atoms with van der Waals surface area (Å²) in [6.07, 6.45) is 7.79. The van der Waals surface area contributed by atoms with Gasteiger partial charge in [0.05, 0.1) is 25.6 Å². The van der Waals surface area contributed by atoms with Crippen molar-refractivity contribution in [3.05, 3.63) is 222 Å². The minimum atomic E-state index is -0.780. The third kappa shape index (κ3) is 13.8. The molecule has 0 fully saturated rings. The zero-order chi connectivity index (χ0) is 44.2. The van der Waals surface area contributed by atoms with Gasteiger partial charge in [0.1, 0.15) is 12.1 Å². The fraction of sp³-hybridized carbons (Fsp3) is 0.167. The highest BCUT2D eigenvalue weighted by molar-refractivity contribution is 5.94. The molecule has 0 saturated carbocycles. The molecule has 7 rings (SSSR count). The Labute approximate surface area is 370 Å². The van der Waals surface area contributed by atoms with Crippen LogP contribution in [-0.2, 0) is 49.8 Å². The Hall–Kier alpha value is -7.49. The van der Waals surface area contributed by atoms with E-state index < -0.39 is 12.0 Å². The topological polar surface area (TPSA) is 111 Å². The number of nitrogens with zero attached hydrogens (tertiary/aromatic N) is 3. The molecule has 0 unspecified atom stereocenters. The molecule has 0 saturated heterocycles. The molecule has 2 heterocycles. The summed E-state index contributed by atoms with van der Waals surface area (Å²) < 4.78 is 10.1. The molecule has 1 N–H and O–H groups in total. The Morgan fingerprint density at radius 3 is 1.59 bits per heavy atom. The Balaban J connectivity index is 0.000000223. The van der Waals surface area contributed by atoms with Crippen molar-refractivity contribution in [3.63, 3.8) is 0 Å². The maximum absolute atomic E-state index is 13.5. The predicted octanol–water partition coefficient (Wildman–Crippen LogP) is 9.51. The van der Waals surface area contributed by atoms with Crippen LogP contribution in [0.4, 0.5) is 0 Å². The summed E-state index contributed by atoms with van der Waals surface area (Å²) in [5.41, 5.74) is 9.99. The summed E-state index contributed by atoms with van der Waals surface area (Å²) in [5, 5.41) is 3.30. The Kier molecular flexibility index (Phi) is 16.8. The van der Waals surface area contributed by atoms with Gasteiger partial charge in [-0.1, -0.05) is 151 Å². The molecule has 63 heavy (non-hydrogen) atoms. The molecule has 0 aliphatic rings. The number of hydrogen-bond acceptors (Lipinski definition) is 8. The second kappa shape index (κ2) is 23.5. The van der Waals surface area contributed by atoms with Crippen LogP contribution in [0.25, 0.3) is 28.6 Å². The first kappa shape index (κ1) is 45.0. The van der Waals surface area contributed by atoms with Crippen molar-refractivity contribution in [1.29, 1.82) is 0 Å². The number of amides is 1. The number of ether oxygens (including phenoxy) is 2. The molecule has 1 amide bonds. The molecule has 0 spiro atoms. The number of aromatic nitrogens is 2. The van der Waals surface area contributed by atoms with Crippen molar-refractivity contribution in [2.75, 3.05) is 14.2 Å². The monoisotopic (exact) mass is 836 g/mol. The molecule has 0 aliphatic heterocycles. The molecular weight excluding hydrogens is 785 g/mol. The lowest BCUT2D eigenvalue weighted by Crippen LogP contribution is -2.46. The van der Waals surface area contributed by atoms with Crippen LogP contribution in [0.15, 0.2) is 188 Å². The fourth-order valence-electron chi connectivity index (χ4n) is 6.89. The summed E-state index contributed by atoms with van der Waals surface area (Å²) in [5.74, 6) is -0.967. The SMILES string of the molecule is COC(=O)[C@H](Cc1ccccc1)N(Cc1ccc(-c2ccccn2)cc1)C(=O)/C=C/c1ccc(C)cc1.COC(=O)[C@H](Cc1ccccc1)NCc1ccc(-c2ccccn2)cc1. The van der Waals surface area contributed by atoms with Gasteiger partial charge in [0.15, 0.2) is 0 Å². The van der Waals surface area contributed by atoms with E-state index in [2.05, 4.69) is 15.3 Å². The number of aryl methyl sites for hydroxylation is 1. The second-order valence-electron chi connectivity index (χ2n) is 14.9. The zero-order valence-corrected chi connectivity index (χ0v) is 35.8. The first-order valence-corrected chi connectivity index (χ1v) is 20.8. The molecule has 5 aromatic carbocycles. The van der Waals surface area contributed by atoms with Crippen LogP contribution in [-0.4, -0.2) is 59.0 Å². The van der Waals surface area contributed by atoms with Gasteiger partial charge < -0.3 is 19.7 Å². The molecule has 2 atom stereocenters. The number of pyridine rings is 2. The van der Waals surface area contributed by atoms with Crippen LogP contribution in [0.1, 0.15) is 33.4 Å². The van der Waals surface area contributed by atoms with Gasteiger partial charge in [-0.25, -0.2) is 4.79 Å². The van der Waals surface area contributed by atoms with Crippen LogP contribution in [0.3, 0.4) is 0 Å². The van der Waals surface area contributed by atoms with Crippen molar-refractivity contribution in [3.8, 4) is 22.5 Å². The van der Waals surface area contributed by atoms with Gasteiger partial charge in [0, 0.05) is 49.1 Å². The number of nitrogens with one attached hydrogen (secondary N) is 1. The Morgan fingerprint density at radius 1 is 0.571 bits per heavy atom. The average molecular weight is 837 g/mol. The van der Waals surface area contributed by atoms with Gasteiger partial charge in [0.2, 0.25) is 5.91 Å². The second-order valence-corrected chi connectivity index (χ2v) is 14.9. The summed E-state index contributed by atoms with van der Waals surface area (Å²) in [6.45, 7) is 2.87. The Morgan fingerprint density at radius 2 is 1.08 bits per heavy atom. The molecule has 2 aromatic heterocycles. The lowest BCUT2D eigenvalue weighted by atomic mass is 10.0. The van der Waals surface area contributed by atoms with E-state index in [1.165, 1.54) is 20.3 Å². The van der Waals surface area contributed by atoms with Gasteiger partial charge in [-0.2, -0.15) is 0 Å². The minimum Gasteiger partial charge on any atom is -0.468 e. The molecule has 318 valence electrons. The van der Waals surface area contributed by atoms with Crippen molar-refractivity contribution < 1.29 is 23.9 Å². The molecular formula is C54H52N4O5. The number of hydrogen-bond donors (Lipinski definition) is 1. The quantitative estimate of drug-likeness (QED) is 0.0758. The maximum Gasteiger partial charge on any atom is 0.328 e. The number of rotatable bonds is 16. The zero-order valence-electron chi connectivity index (χ0n) is 35.8. The molecule has 0 aliphatic carbocycles. The van der Waals surface area contributed by atoms with Gasteiger partial charge >= 0.3 is 11.9 Å². The van der Waals surface area contributed by atoms with Gasteiger partial charge in [-0.3, -0.25) is 19.6 Å². The number of carbonyl (C=O) groups is 3. The highest BCUT2D eigenvalue weighted by atomic mass is 16.5. The van der Waals surface area contributed by atoms with Crippen LogP contribution < -0.4 is 5.32 Å². The standard InChI is InChI=1S/C32H30N2O3.C22H22N2O2/c1-24-11-13-25(14-12-24)17-20-31(35)34(30(32(36)37-2)22-26-8-4-3-5-9-26)23-27-15-18-28(19-16-27)29-10-6-7-21-33-29;1-26-22(25)21(15-17-7-3-2-4-8-17)24-16-18-10-12-19(13-11-18)20-9-5-6-14-23-20/h3-21,30H,22-23H2,1-2H3;2-14,21,24H,15-16H2,1H3/b20-17+;/t30-;21-/m00/s1. The maximum atomic E-state index is 13.5. The first-order chi connectivity index (χ1) is 30.8. The summed E-state index contributed by atoms with van der Waals surface area (Å²) in [6, 6.07) is 54.1. The average Bonchev–Trinajstić information content (AvgIpc) is 3.35. The molecule has 0 bridgehead atoms. The van der Waals surface area contributed by atoms with Gasteiger partial charge in [-0.15, -0.1) is 0 Å². The van der Waals surface area contributed by atoms with Crippen LogP contribution in [0.5, 0.6) is 0 Å². The van der Waals surface area contributed by atoms with Crippen molar-refractivity contribution in [2.45, 2.75) is 44.9 Å². The molecule has 9 nitrogen and oxygen atoms in total. The number of esters is 2. The van der Waals surface area contributed by atoms with Crippen LogP contribution in [0.2, 0.25) is 0 Å². The predicted molar refractivity (Wildman–Crippen MR) is 249 cm³/mol. The summed E-state index contributed by atoms with van der Waals surface area (Å²) >= 11 is 0. The normalized spacial score (nSPS) is 11.7. The van der Waals surface area contributed by atoms with E-state index in [4.69, 9.17) is 9.47 Å².